The van der Waals surface area contributed by atoms with Gasteiger partial charge in [-0.15, -0.1) is 0 Å². The van der Waals surface area contributed by atoms with Crippen LogP contribution in [0.15, 0.2) is 0 Å². The van der Waals surface area contributed by atoms with Gasteiger partial charge in [-0.1, -0.05) is 0 Å². The van der Waals surface area contributed by atoms with Crippen LogP contribution < -0.4 is 0 Å². The summed E-state index contributed by atoms with van der Waals surface area (Å²) in [6, 6.07) is -0.629. The van der Waals surface area contributed by atoms with Crippen LogP contribution in [-0.4, -0.2) is 77.5 Å². The number of carbonyl (C=O) groups excluding carboxylic acids is 1. The first-order valence-electron chi connectivity index (χ1n) is 8.34. The maximum absolute atomic E-state index is 12.2. The minimum absolute atomic E-state index is 0.249. The van der Waals surface area contributed by atoms with Crippen LogP contribution in [0.3, 0.4) is 0 Å². The van der Waals surface area contributed by atoms with Crippen molar-refractivity contribution in [3.63, 3.8) is 0 Å². The molecule has 2 rings (SSSR count). The van der Waals surface area contributed by atoms with E-state index in [1.807, 2.05) is 25.7 Å². The van der Waals surface area contributed by atoms with Gasteiger partial charge in [0.1, 0.15) is 11.6 Å². The minimum Gasteiger partial charge on any atom is -0.480 e. The maximum Gasteiger partial charge on any atom is 0.410 e. The molecule has 2 fully saturated rings. The third-order valence-corrected chi connectivity index (χ3v) is 4.15. The van der Waals surface area contributed by atoms with Gasteiger partial charge in [-0.2, -0.15) is 0 Å². The highest BCUT2D eigenvalue weighted by atomic mass is 16.6. The lowest BCUT2D eigenvalue weighted by Gasteiger charge is -2.31. The molecule has 7 heteroatoms. The van der Waals surface area contributed by atoms with Gasteiger partial charge in [0.2, 0.25) is 0 Å². The monoisotopic (exact) mass is 328 g/mol. The fraction of sp³-hybridized carbons (Fsp3) is 0.875. The molecule has 2 saturated heterocycles. The van der Waals surface area contributed by atoms with E-state index in [0.717, 1.165) is 19.3 Å². The summed E-state index contributed by atoms with van der Waals surface area (Å²) in [5, 5.41) is 9.58. The molecule has 2 aliphatic heterocycles. The van der Waals surface area contributed by atoms with Crippen LogP contribution >= 0.6 is 0 Å². The van der Waals surface area contributed by atoms with Crippen LogP contribution in [0.2, 0.25) is 0 Å². The number of carboxylic acids is 1. The van der Waals surface area contributed by atoms with Gasteiger partial charge in [-0.05, 0) is 40.0 Å². The molecule has 0 aromatic carbocycles. The first-order chi connectivity index (χ1) is 10.8. The molecule has 2 aliphatic rings. The maximum atomic E-state index is 12.2. The quantitative estimate of drug-likeness (QED) is 0.847. The van der Waals surface area contributed by atoms with Crippen LogP contribution in [0.5, 0.6) is 0 Å². The summed E-state index contributed by atoms with van der Waals surface area (Å²) in [6.45, 7) is 8.39. The van der Waals surface area contributed by atoms with Crippen molar-refractivity contribution in [2.75, 3.05) is 32.8 Å². The van der Waals surface area contributed by atoms with Gasteiger partial charge in [0.05, 0.1) is 6.10 Å². The lowest BCUT2D eigenvalue weighted by atomic mass is 10.1. The number of carboxylic acid groups (broad SMARTS) is 1. The lowest BCUT2D eigenvalue weighted by Crippen LogP contribution is -2.50. The van der Waals surface area contributed by atoms with E-state index in [1.54, 1.807) is 4.90 Å². The molecule has 0 radical (unpaired) electrons. The molecular weight excluding hydrogens is 300 g/mol. The van der Waals surface area contributed by atoms with Gasteiger partial charge in [0, 0.05) is 32.8 Å². The van der Waals surface area contributed by atoms with E-state index in [-0.39, 0.29) is 12.2 Å². The number of hydrogen-bond acceptors (Lipinski definition) is 5. The smallest absolute Gasteiger partial charge is 0.410 e. The Labute approximate surface area is 137 Å². The standard InChI is InChI=1S/C16H28N2O5/c1-16(2,3)23-15(21)18-8-5-7-17(9-10-18)13(14(19)20)12-6-4-11-22-12/h12-13H,4-11H2,1-3H3,(H,19,20). The zero-order valence-electron chi connectivity index (χ0n) is 14.3. The van der Waals surface area contributed by atoms with Gasteiger partial charge in [0.15, 0.2) is 0 Å². The third-order valence-electron chi connectivity index (χ3n) is 4.15. The molecule has 0 saturated carbocycles. The summed E-state index contributed by atoms with van der Waals surface area (Å²) >= 11 is 0. The van der Waals surface area contributed by atoms with Gasteiger partial charge >= 0.3 is 12.1 Å². The number of nitrogens with zero attached hydrogens (tertiary/aromatic N) is 2. The fourth-order valence-corrected chi connectivity index (χ4v) is 3.13. The molecule has 1 amide bonds. The number of amides is 1. The van der Waals surface area contributed by atoms with E-state index < -0.39 is 17.6 Å². The molecule has 2 heterocycles. The Morgan fingerprint density at radius 1 is 1.17 bits per heavy atom. The third kappa shape index (κ3) is 5.07. The van der Waals surface area contributed by atoms with E-state index in [0.29, 0.717) is 32.8 Å². The van der Waals surface area contributed by atoms with E-state index in [9.17, 15) is 14.7 Å². The van der Waals surface area contributed by atoms with Crippen LogP contribution in [0.4, 0.5) is 4.79 Å². The van der Waals surface area contributed by atoms with Crippen LogP contribution in [0.25, 0.3) is 0 Å². The minimum atomic E-state index is -0.845. The molecular formula is C16H28N2O5. The largest absolute Gasteiger partial charge is 0.480 e. The normalized spacial score (nSPS) is 25.0. The molecule has 0 bridgehead atoms. The summed E-state index contributed by atoms with van der Waals surface area (Å²) in [5.74, 6) is -0.845. The average molecular weight is 328 g/mol. The molecule has 0 spiro atoms. The van der Waals surface area contributed by atoms with Gasteiger partial charge in [0.25, 0.3) is 0 Å². The van der Waals surface area contributed by atoms with Gasteiger partial charge in [-0.3, -0.25) is 9.69 Å². The molecule has 0 aliphatic carbocycles. The van der Waals surface area contributed by atoms with E-state index in [1.165, 1.54) is 0 Å². The highest BCUT2D eigenvalue weighted by molar-refractivity contribution is 5.74. The Morgan fingerprint density at radius 2 is 1.91 bits per heavy atom. The lowest BCUT2D eigenvalue weighted by molar-refractivity contribution is -0.148. The average Bonchev–Trinajstić information content (AvgIpc) is 2.81. The van der Waals surface area contributed by atoms with Crippen molar-refractivity contribution in [1.82, 2.24) is 9.80 Å². The SMILES string of the molecule is CC(C)(C)OC(=O)N1CCCN(C(C(=O)O)C2CCCO2)CC1. The highest BCUT2D eigenvalue weighted by Crippen LogP contribution is 2.22. The summed E-state index contributed by atoms with van der Waals surface area (Å²) < 4.78 is 11.0. The first-order valence-corrected chi connectivity index (χ1v) is 8.34. The predicted octanol–water partition coefficient (Wildman–Crippen LogP) is 1.56. The van der Waals surface area contributed by atoms with Crippen molar-refractivity contribution in [3.05, 3.63) is 0 Å². The second-order valence-corrected chi connectivity index (χ2v) is 7.19. The van der Waals surface area contributed by atoms with E-state index in [4.69, 9.17) is 9.47 Å². The Bertz CT molecular complexity index is 429. The molecule has 1 N–H and O–H groups in total. The summed E-state index contributed by atoms with van der Waals surface area (Å²) in [5.41, 5.74) is -0.523. The van der Waals surface area contributed by atoms with Crippen LogP contribution in [0, 0.1) is 0 Å². The first kappa shape index (κ1) is 18.0. The zero-order valence-corrected chi connectivity index (χ0v) is 14.3. The number of ether oxygens (including phenoxy) is 2. The molecule has 23 heavy (non-hydrogen) atoms. The molecule has 0 aromatic heterocycles. The number of hydrogen-bond donors (Lipinski definition) is 1. The number of carbonyl (C=O) groups is 2. The van der Waals surface area contributed by atoms with Crippen molar-refractivity contribution in [2.45, 2.75) is 57.8 Å². The Balaban J connectivity index is 1.96. The summed E-state index contributed by atoms with van der Waals surface area (Å²) in [7, 11) is 0. The number of aliphatic carboxylic acids is 1. The van der Waals surface area contributed by atoms with Crippen molar-refractivity contribution >= 4 is 12.1 Å². The second-order valence-electron chi connectivity index (χ2n) is 7.19. The predicted molar refractivity (Wildman–Crippen MR) is 84.4 cm³/mol. The van der Waals surface area contributed by atoms with E-state index in [2.05, 4.69) is 0 Å². The topological polar surface area (TPSA) is 79.3 Å². The summed E-state index contributed by atoms with van der Waals surface area (Å²) in [6.07, 6.45) is 1.84. The molecule has 0 aromatic rings. The summed E-state index contributed by atoms with van der Waals surface area (Å²) in [4.78, 5) is 27.5. The van der Waals surface area contributed by atoms with Crippen molar-refractivity contribution in [3.8, 4) is 0 Å². The van der Waals surface area contributed by atoms with Crippen LogP contribution in [0.1, 0.15) is 40.0 Å². The number of rotatable bonds is 3. The van der Waals surface area contributed by atoms with Gasteiger partial charge in [-0.25, -0.2) is 4.79 Å². The molecule has 132 valence electrons. The molecule has 7 nitrogen and oxygen atoms in total. The molecule has 2 unspecified atom stereocenters. The highest BCUT2D eigenvalue weighted by Gasteiger charge is 2.37. The van der Waals surface area contributed by atoms with Crippen LogP contribution in [-0.2, 0) is 14.3 Å². The Morgan fingerprint density at radius 3 is 2.48 bits per heavy atom. The second kappa shape index (κ2) is 7.49. The van der Waals surface area contributed by atoms with Gasteiger partial charge < -0.3 is 19.5 Å². The van der Waals surface area contributed by atoms with Crippen molar-refractivity contribution in [2.24, 2.45) is 0 Å². The van der Waals surface area contributed by atoms with Crippen molar-refractivity contribution < 1.29 is 24.2 Å². The van der Waals surface area contributed by atoms with Crippen molar-refractivity contribution in [1.29, 1.82) is 0 Å². The van der Waals surface area contributed by atoms with E-state index >= 15 is 0 Å². The zero-order chi connectivity index (χ0) is 17.0. The Kier molecular flexibility index (Phi) is 5.86. The fourth-order valence-electron chi connectivity index (χ4n) is 3.13. The molecule has 2 atom stereocenters. The Hall–Kier alpha value is -1.34.